The van der Waals surface area contributed by atoms with Crippen molar-refractivity contribution in [2.75, 3.05) is 58.9 Å². The van der Waals surface area contributed by atoms with Gasteiger partial charge in [-0.3, -0.25) is 43.8 Å². The van der Waals surface area contributed by atoms with Crippen LogP contribution in [-0.4, -0.2) is 163 Å². The summed E-state index contributed by atoms with van der Waals surface area (Å²) >= 11 is 0. The molecule has 4 aromatic carbocycles. The van der Waals surface area contributed by atoms with Gasteiger partial charge in [-0.2, -0.15) is 0 Å². The van der Waals surface area contributed by atoms with Gasteiger partial charge in [0, 0.05) is 42.4 Å². The number of aromatic nitrogens is 1. The molecule has 24 heteroatoms. The summed E-state index contributed by atoms with van der Waals surface area (Å²) in [5.74, 6) is -2.42. The van der Waals surface area contributed by atoms with Gasteiger partial charge in [0.25, 0.3) is 11.8 Å². The third-order valence-corrected chi connectivity index (χ3v) is 18.9. The van der Waals surface area contributed by atoms with Crippen LogP contribution in [0.15, 0.2) is 103 Å². The van der Waals surface area contributed by atoms with Gasteiger partial charge in [0.15, 0.2) is 11.5 Å². The van der Waals surface area contributed by atoms with Crippen molar-refractivity contribution in [2.45, 2.75) is 180 Å². The van der Waals surface area contributed by atoms with Crippen LogP contribution in [-0.2, 0) is 55.9 Å². The number of pyridine rings is 1. The molecular weight excluding hydrogens is 1270 g/mol. The number of anilines is 1. The Hall–Kier alpha value is -9.16. The smallest absolute Gasteiger partial charge is 0.411 e. The molecule has 3 fully saturated rings. The van der Waals surface area contributed by atoms with E-state index in [4.69, 9.17) is 29.4 Å². The number of hydrogen-bond donors (Lipinski definition) is 7. The van der Waals surface area contributed by atoms with Crippen LogP contribution in [0.3, 0.4) is 0 Å². The quantitative estimate of drug-likeness (QED) is 0.0121. The number of ketones is 1. The SMILES string of the molecule is CCC(C)(C)C(=O)C(=O)N1CCCCC1C(=O)O[C@H](CCc1ccc(OC)c(OC)c1)c1cccc(OCCNC(=O)CCCOC(=O)Nc2cccc3ccc(C(=O)N[C@H](CC(N)=O)C(=O)N[C@H](Cc4ccccc4)[C@H](O)CN4C[C@H]5CCCC[C@H]5C[C@H]4C(=O)NC(C)(C)C)nc23)c1. The molecule has 534 valence electrons. The van der Waals surface area contributed by atoms with Gasteiger partial charge in [0.05, 0.1) is 63.2 Å². The van der Waals surface area contributed by atoms with Crippen molar-refractivity contribution in [3.05, 3.63) is 126 Å². The molecule has 3 aliphatic rings. The van der Waals surface area contributed by atoms with Crippen LogP contribution in [0.4, 0.5) is 10.5 Å². The molecule has 2 saturated heterocycles. The number of ether oxygens (including phenoxy) is 5. The summed E-state index contributed by atoms with van der Waals surface area (Å²) in [6, 6.07) is 26.1. The van der Waals surface area contributed by atoms with Crippen molar-refractivity contribution in [3.63, 3.8) is 0 Å². The Morgan fingerprint density at radius 3 is 2.23 bits per heavy atom. The molecule has 8 N–H and O–H groups in total. The third-order valence-electron chi connectivity index (χ3n) is 18.9. The van der Waals surface area contributed by atoms with E-state index in [0.717, 1.165) is 36.8 Å². The number of nitrogens with one attached hydrogen (secondary N) is 5. The highest BCUT2D eigenvalue weighted by atomic mass is 16.6. The van der Waals surface area contributed by atoms with Crippen molar-refractivity contribution in [1.82, 2.24) is 36.1 Å². The number of piperidine rings is 2. The van der Waals surface area contributed by atoms with Crippen molar-refractivity contribution < 1.29 is 71.9 Å². The highest BCUT2D eigenvalue weighted by molar-refractivity contribution is 6.38. The number of benzene rings is 4. The van der Waals surface area contributed by atoms with E-state index < -0.39 is 95.2 Å². The third kappa shape index (κ3) is 21.7. The Morgan fingerprint density at radius 2 is 1.51 bits per heavy atom. The lowest BCUT2D eigenvalue weighted by atomic mass is 9.72. The normalized spacial score (nSPS) is 18.4. The zero-order chi connectivity index (χ0) is 71.4. The molecule has 1 saturated carbocycles. The Morgan fingerprint density at radius 1 is 0.768 bits per heavy atom. The molecule has 0 spiro atoms. The van der Waals surface area contributed by atoms with Gasteiger partial charge in [0.2, 0.25) is 29.4 Å². The number of fused-ring (bicyclic) bond motifs is 2. The second-order valence-electron chi connectivity index (χ2n) is 27.8. The van der Waals surface area contributed by atoms with Crippen LogP contribution >= 0.6 is 0 Å². The minimum atomic E-state index is -1.49. The van der Waals surface area contributed by atoms with Gasteiger partial charge in [-0.25, -0.2) is 14.6 Å². The molecule has 3 heterocycles. The Bertz CT molecular complexity index is 3640. The summed E-state index contributed by atoms with van der Waals surface area (Å²) in [7, 11) is 3.10. The molecule has 0 radical (unpaired) electrons. The minimum Gasteiger partial charge on any atom is -0.493 e. The molecule has 1 aliphatic carbocycles. The van der Waals surface area contributed by atoms with Crippen LogP contribution in [0.5, 0.6) is 17.2 Å². The average molecular weight is 1370 g/mol. The van der Waals surface area contributed by atoms with Crippen LogP contribution in [0.25, 0.3) is 10.9 Å². The highest BCUT2D eigenvalue weighted by Crippen LogP contribution is 2.40. The standard InChI is InChI=1S/C75H99N9O15/c1-9-75(5,6)67(88)71(92)84-37-16-15-28-58(84)72(93)99-61(34-30-48-31-35-62(95-7)63(41-48)96-8)51-25-17-26-53(42-51)97-39-36-77-65(87)29-19-38-98-73(94)81-54-27-18-24-49-32-33-55(78-66(49)54)68(89)80-57(44-64(76)86)69(90)79-56(40-47-20-11-10-12-21-47)60(85)46-83-45-52-23-14-13-22-50(52)43-59(83)70(91)82-74(2,3)4/h10-12,17-18,20-21,24-27,31-33,35,41-42,50,52,56-61,85H,9,13-16,19,22-23,28-30,34,36-40,43-46H2,1-8H3,(H2,76,86)(H,77,87)(H,79,90)(H,80,89)(H,81,94)(H,82,91)/t50-,52+,56+,57+,58?,59-,60+,61+/m0/s1. The summed E-state index contributed by atoms with van der Waals surface area (Å²) in [5.41, 5.74) is 6.90. The molecule has 5 aromatic rings. The number of aryl methyl sites for hydroxylation is 1. The van der Waals surface area contributed by atoms with Crippen LogP contribution in [0.2, 0.25) is 0 Å². The molecule has 24 nitrogen and oxygen atoms in total. The number of methoxy groups -OCH3 is 2. The summed E-state index contributed by atoms with van der Waals surface area (Å²) in [6.07, 6.45) is 4.90. The Balaban J connectivity index is 0.833. The maximum absolute atomic E-state index is 14.3. The highest BCUT2D eigenvalue weighted by Gasteiger charge is 2.44. The number of primary amides is 1. The number of β-amino-alcohol motifs (C(OH)–C–C–N with tert-alkyl or cyclic N) is 1. The number of aliphatic hydroxyl groups is 1. The maximum Gasteiger partial charge on any atom is 0.411 e. The lowest BCUT2D eigenvalue weighted by molar-refractivity contribution is -0.164. The monoisotopic (exact) mass is 1370 g/mol. The zero-order valence-electron chi connectivity index (χ0n) is 58.4. The first-order valence-electron chi connectivity index (χ1n) is 34.6. The topological polar surface area (TPSA) is 326 Å². The molecule has 2 aliphatic heterocycles. The van der Waals surface area contributed by atoms with E-state index in [1.165, 1.54) is 11.0 Å². The fraction of sp³-hybridized carbons (Fsp3) is 0.520. The number of esters is 1. The lowest BCUT2D eigenvalue weighted by Gasteiger charge is -2.47. The van der Waals surface area contributed by atoms with Crippen molar-refractivity contribution in [2.24, 2.45) is 23.0 Å². The van der Waals surface area contributed by atoms with E-state index in [1.807, 2.05) is 81.1 Å². The molecule has 1 unspecified atom stereocenters. The van der Waals surface area contributed by atoms with E-state index in [-0.39, 0.29) is 80.8 Å². The summed E-state index contributed by atoms with van der Waals surface area (Å²) in [6.45, 7) is 12.1. The number of carbonyl (C=O) groups excluding carboxylic acids is 9. The number of likely N-dealkylation sites (tertiary alicyclic amines) is 2. The van der Waals surface area contributed by atoms with Crippen LogP contribution in [0.1, 0.15) is 158 Å². The number of aliphatic hydroxyl groups excluding tert-OH is 1. The van der Waals surface area contributed by atoms with Crippen molar-refractivity contribution in [1.29, 1.82) is 0 Å². The number of nitrogens with two attached hydrogens (primary N) is 1. The Labute approximate surface area is 579 Å². The van der Waals surface area contributed by atoms with Crippen molar-refractivity contribution in [3.8, 4) is 17.2 Å². The van der Waals surface area contributed by atoms with Gasteiger partial charge >= 0.3 is 12.1 Å². The van der Waals surface area contributed by atoms with Gasteiger partial charge in [-0.15, -0.1) is 0 Å². The van der Waals surface area contributed by atoms with Gasteiger partial charge in [-0.05, 0) is 150 Å². The van der Waals surface area contributed by atoms with E-state index in [0.29, 0.717) is 91.5 Å². The molecule has 7 amide bonds. The van der Waals surface area contributed by atoms with E-state index in [1.54, 1.807) is 76.6 Å². The first-order valence-corrected chi connectivity index (χ1v) is 34.6. The number of Topliss-reactive ketones (excluding diaryl/α,β-unsaturated/α-hetero) is 1. The second-order valence-corrected chi connectivity index (χ2v) is 27.8. The minimum absolute atomic E-state index is 0.0133. The first-order chi connectivity index (χ1) is 47.3. The number of hydrogen-bond acceptors (Lipinski definition) is 17. The molecule has 0 bridgehead atoms. The number of carbonyl (C=O) groups is 9. The molecular formula is C75H99N9O15. The first kappa shape index (κ1) is 75.6. The Kier molecular flexibility index (Phi) is 27.2. The van der Waals surface area contributed by atoms with Gasteiger partial charge in [-0.1, -0.05) is 107 Å². The maximum atomic E-state index is 14.3. The molecule has 8 atom stereocenters. The number of para-hydroxylation sites is 1. The van der Waals surface area contributed by atoms with E-state index >= 15 is 0 Å². The second kappa shape index (κ2) is 35.6. The van der Waals surface area contributed by atoms with Gasteiger partial charge < -0.3 is 60.7 Å². The number of nitrogens with zero attached hydrogens (tertiary/aromatic N) is 3. The lowest BCUT2D eigenvalue weighted by Crippen LogP contribution is -2.61. The molecule has 99 heavy (non-hydrogen) atoms. The van der Waals surface area contributed by atoms with Crippen LogP contribution in [0, 0.1) is 17.3 Å². The fourth-order valence-electron chi connectivity index (χ4n) is 13.1. The molecule has 8 rings (SSSR count). The van der Waals surface area contributed by atoms with E-state index in [9.17, 15) is 48.3 Å². The van der Waals surface area contributed by atoms with E-state index in [2.05, 4.69) is 31.6 Å². The average Bonchev–Trinajstić information content (AvgIpc) is 0.813. The fourth-order valence-corrected chi connectivity index (χ4v) is 13.1. The van der Waals surface area contributed by atoms with Gasteiger partial charge in [0.1, 0.15) is 36.2 Å². The molecule has 1 aromatic heterocycles. The number of rotatable bonds is 32. The zero-order valence-corrected chi connectivity index (χ0v) is 58.4. The number of amides is 7. The summed E-state index contributed by atoms with van der Waals surface area (Å²) < 4.78 is 28.7. The predicted octanol–water partition coefficient (Wildman–Crippen LogP) is 8.24. The largest absolute Gasteiger partial charge is 0.493 e. The summed E-state index contributed by atoms with van der Waals surface area (Å²) in [5, 5.41) is 26.8. The van der Waals surface area contributed by atoms with Crippen molar-refractivity contribution >= 4 is 69.9 Å². The summed E-state index contributed by atoms with van der Waals surface area (Å²) in [4.78, 5) is 130. The predicted molar refractivity (Wildman–Crippen MR) is 372 cm³/mol. The van der Waals surface area contributed by atoms with Crippen LogP contribution < -0.4 is 46.5 Å².